The summed E-state index contributed by atoms with van der Waals surface area (Å²) in [5, 5.41) is 22.2. The zero-order valence-corrected chi connectivity index (χ0v) is 9.80. The Kier molecular flexibility index (Phi) is 4.69. The van der Waals surface area contributed by atoms with Gasteiger partial charge in [0.05, 0.1) is 11.6 Å². The molecule has 94 valence electrons. The summed E-state index contributed by atoms with van der Waals surface area (Å²) in [7, 11) is 0. The maximum absolute atomic E-state index is 11.5. The second kappa shape index (κ2) is 6.25. The molecule has 1 aromatic carbocycles. The van der Waals surface area contributed by atoms with Gasteiger partial charge >= 0.3 is 12.0 Å². The maximum Gasteiger partial charge on any atom is 0.326 e. The van der Waals surface area contributed by atoms with Gasteiger partial charge in [0.1, 0.15) is 6.04 Å². The van der Waals surface area contributed by atoms with Gasteiger partial charge in [-0.3, -0.25) is 0 Å². The van der Waals surface area contributed by atoms with Gasteiger partial charge in [0.15, 0.2) is 0 Å². The molecule has 0 radical (unpaired) electrons. The normalized spacial score (nSPS) is 11.1. The lowest BCUT2D eigenvalue weighted by Gasteiger charge is -2.13. The van der Waals surface area contributed by atoms with Crippen LogP contribution in [0.3, 0.4) is 0 Å². The fourth-order valence-corrected chi connectivity index (χ4v) is 1.29. The van der Waals surface area contributed by atoms with Crippen molar-refractivity contribution in [3.8, 4) is 6.07 Å². The molecule has 0 heterocycles. The molecule has 1 rings (SSSR count). The molecule has 1 atom stereocenters. The van der Waals surface area contributed by atoms with E-state index in [1.54, 1.807) is 31.2 Å². The lowest BCUT2D eigenvalue weighted by molar-refractivity contribution is -0.139. The molecule has 1 aromatic rings. The zero-order chi connectivity index (χ0) is 13.5. The topological polar surface area (TPSA) is 102 Å². The zero-order valence-electron chi connectivity index (χ0n) is 9.80. The van der Waals surface area contributed by atoms with Gasteiger partial charge in [-0.15, -0.1) is 0 Å². The van der Waals surface area contributed by atoms with Gasteiger partial charge in [0.2, 0.25) is 0 Å². The Labute approximate surface area is 104 Å². The van der Waals surface area contributed by atoms with Crippen LogP contribution >= 0.6 is 0 Å². The molecule has 6 heteroatoms. The van der Waals surface area contributed by atoms with Gasteiger partial charge in [-0.25, -0.2) is 9.59 Å². The number of carboxylic acids is 1. The Balaban J connectivity index is 2.59. The number of nitrogens with one attached hydrogen (secondary N) is 2. The van der Waals surface area contributed by atoms with Crippen molar-refractivity contribution in [1.82, 2.24) is 5.32 Å². The summed E-state index contributed by atoms with van der Waals surface area (Å²) in [6.45, 7) is 1.67. The van der Waals surface area contributed by atoms with Gasteiger partial charge in [-0.1, -0.05) is 6.92 Å². The predicted molar refractivity (Wildman–Crippen MR) is 65.0 cm³/mol. The van der Waals surface area contributed by atoms with Crippen molar-refractivity contribution in [3.05, 3.63) is 29.8 Å². The van der Waals surface area contributed by atoms with Crippen molar-refractivity contribution >= 4 is 17.7 Å². The summed E-state index contributed by atoms with van der Waals surface area (Å²) in [5.74, 6) is -1.08. The first-order valence-electron chi connectivity index (χ1n) is 5.37. The fourth-order valence-electron chi connectivity index (χ4n) is 1.29. The molecule has 0 aliphatic heterocycles. The molecule has 0 unspecified atom stereocenters. The number of urea groups is 1. The Morgan fingerprint density at radius 3 is 2.44 bits per heavy atom. The second-order valence-electron chi connectivity index (χ2n) is 3.59. The third-order valence-corrected chi connectivity index (χ3v) is 2.28. The van der Waals surface area contributed by atoms with E-state index in [0.29, 0.717) is 17.7 Å². The van der Waals surface area contributed by atoms with E-state index in [4.69, 9.17) is 10.4 Å². The smallest absolute Gasteiger partial charge is 0.326 e. The second-order valence-corrected chi connectivity index (χ2v) is 3.59. The van der Waals surface area contributed by atoms with E-state index < -0.39 is 18.0 Å². The number of carboxylic acid groups (broad SMARTS) is 1. The molecular formula is C12H13N3O3. The maximum atomic E-state index is 11.5. The summed E-state index contributed by atoms with van der Waals surface area (Å²) in [5.41, 5.74) is 0.977. The lowest BCUT2D eigenvalue weighted by atomic mass is 10.2. The first kappa shape index (κ1) is 13.5. The molecular weight excluding hydrogens is 234 g/mol. The van der Waals surface area contributed by atoms with E-state index in [-0.39, 0.29) is 0 Å². The first-order valence-corrected chi connectivity index (χ1v) is 5.37. The minimum Gasteiger partial charge on any atom is -0.480 e. The quantitative estimate of drug-likeness (QED) is 0.750. The summed E-state index contributed by atoms with van der Waals surface area (Å²) in [4.78, 5) is 22.2. The van der Waals surface area contributed by atoms with Gasteiger partial charge < -0.3 is 15.7 Å². The third kappa shape index (κ3) is 3.79. The third-order valence-electron chi connectivity index (χ3n) is 2.28. The molecule has 0 aliphatic rings. The number of benzene rings is 1. The SMILES string of the molecule is CC[C@H](NC(=O)Nc1ccc(C#N)cc1)C(=O)O. The molecule has 2 amide bonds. The fraction of sp³-hybridized carbons (Fsp3) is 0.250. The minimum absolute atomic E-state index is 0.302. The van der Waals surface area contributed by atoms with Crippen LogP contribution in [0.5, 0.6) is 0 Å². The summed E-state index contributed by atoms with van der Waals surface area (Å²) in [6, 6.07) is 6.71. The van der Waals surface area contributed by atoms with E-state index in [1.807, 2.05) is 6.07 Å². The van der Waals surface area contributed by atoms with Gasteiger partial charge in [-0.2, -0.15) is 5.26 Å². The van der Waals surface area contributed by atoms with Crippen LogP contribution < -0.4 is 10.6 Å². The largest absolute Gasteiger partial charge is 0.480 e. The minimum atomic E-state index is -1.08. The highest BCUT2D eigenvalue weighted by Gasteiger charge is 2.17. The number of amides is 2. The van der Waals surface area contributed by atoms with Crippen molar-refractivity contribution < 1.29 is 14.7 Å². The standard InChI is InChI=1S/C12H13N3O3/c1-2-10(11(16)17)15-12(18)14-9-5-3-8(7-13)4-6-9/h3-6,10H,2H2,1H3,(H,16,17)(H2,14,15,18)/t10-/m0/s1. The Bertz CT molecular complexity index is 476. The highest BCUT2D eigenvalue weighted by Crippen LogP contribution is 2.08. The van der Waals surface area contributed by atoms with Crippen LogP contribution in [0.4, 0.5) is 10.5 Å². The highest BCUT2D eigenvalue weighted by molar-refractivity contribution is 5.92. The molecule has 3 N–H and O–H groups in total. The number of rotatable bonds is 4. The summed E-state index contributed by atoms with van der Waals surface area (Å²) in [6.07, 6.45) is 0.302. The van der Waals surface area contributed by atoms with Crippen LogP contribution in [0.25, 0.3) is 0 Å². The Hall–Kier alpha value is -2.55. The van der Waals surface area contributed by atoms with Crippen LogP contribution in [0.15, 0.2) is 24.3 Å². The van der Waals surface area contributed by atoms with Gasteiger partial charge in [0, 0.05) is 5.69 Å². The molecule has 18 heavy (non-hydrogen) atoms. The number of nitrogens with zero attached hydrogens (tertiary/aromatic N) is 1. The van der Waals surface area contributed by atoms with Crippen LogP contribution in [0.1, 0.15) is 18.9 Å². The van der Waals surface area contributed by atoms with E-state index in [0.717, 1.165) is 0 Å². The van der Waals surface area contributed by atoms with Crippen LogP contribution in [-0.4, -0.2) is 23.1 Å². The molecule has 0 spiro atoms. The molecule has 0 saturated heterocycles. The van der Waals surface area contributed by atoms with Gasteiger partial charge in [-0.05, 0) is 30.7 Å². The van der Waals surface area contributed by atoms with Crippen LogP contribution in [0.2, 0.25) is 0 Å². The van der Waals surface area contributed by atoms with Crippen molar-refractivity contribution in [2.45, 2.75) is 19.4 Å². The number of carbonyl (C=O) groups excluding carboxylic acids is 1. The Morgan fingerprint density at radius 2 is 2.00 bits per heavy atom. The number of carbonyl (C=O) groups is 2. The van der Waals surface area contributed by atoms with Crippen molar-refractivity contribution in [2.75, 3.05) is 5.32 Å². The van der Waals surface area contributed by atoms with Crippen LogP contribution in [-0.2, 0) is 4.79 Å². The van der Waals surface area contributed by atoms with E-state index in [1.165, 1.54) is 0 Å². The molecule has 0 saturated carbocycles. The predicted octanol–water partition coefficient (Wildman–Crippen LogP) is 1.54. The molecule has 0 aromatic heterocycles. The van der Waals surface area contributed by atoms with Crippen molar-refractivity contribution in [2.24, 2.45) is 0 Å². The average Bonchev–Trinajstić information content (AvgIpc) is 2.36. The van der Waals surface area contributed by atoms with Crippen molar-refractivity contribution in [3.63, 3.8) is 0 Å². The molecule has 6 nitrogen and oxygen atoms in total. The van der Waals surface area contributed by atoms with E-state index in [9.17, 15) is 9.59 Å². The lowest BCUT2D eigenvalue weighted by Crippen LogP contribution is -2.42. The van der Waals surface area contributed by atoms with Crippen LogP contribution in [0, 0.1) is 11.3 Å². The summed E-state index contributed by atoms with van der Waals surface area (Å²) < 4.78 is 0. The number of anilines is 1. The molecule has 0 fully saturated rings. The number of hydrogen-bond acceptors (Lipinski definition) is 3. The highest BCUT2D eigenvalue weighted by atomic mass is 16.4. The van der Waals surface area contributed by atoms with Crippen molar-refractivity contribution in [1.29, 1.82) is 5.26 Å². The number of hydrogen-bond donors (Lipinski definition) is 3. The summed E-state index contributed by atoms with van der Waals surface area (Å²) >= 11 is 0. The molecule has 0 bridgehead atoms. The average molecular weight is 247 g/mol. The van der Waals surface area contributed by atoms with E-state index in [2.05, 4.69) is 10.6 Å². The van der Waals surface area contributed by atoms with E-state index >= 15 is 0 Å². The number of nitriles is 1. The number of aliphatic carboxylic acids is 1. The monoisotopic (exact) mass is 247 g/mol. The molecule has 0 aliphatic carbocycles. The first-order chi connectivity index (χ1) is 8.56. The van der Waals surface area contributed by atoms with Gasteiger partial charge in [0.25, 0.3) is 0 Å². The Morgan fingerprint density at radius 1 is 1.39 bits per heavy atom.